The van der Waals surface area contributed by atoms with Gasteiger partial charge in [0.05, 0.1) is 6.54 Å². The van der Waals surface area contributed by atoms with Gasteiger partial charge in [-0.05, 0) is 42.9 Å². The molecule has 1 aromatic carbocycles. The van der Waals surface area contributed by atoms with Crippen LogP contribution in [0.2, 0.25) is 0 Å². The zero-order chi connectivity index (χ0) is 12.8. The van der Waals surface area contributed by atoms with Crippen LogP contribution in [0, 0.1) is 0 Å². The zero-order valence-corrected chi connectivity index (χ0v) is 11.1. The zero-order valence-electron chi connectivity index (χ0n) is 10.3. The molecule has 0 spiro atoms. The van der Waals surface area contributed by atoms with Crippen LogP contribution < -0.4 is 10.6 Å². The summed E-state index contributed by atoms with van der Waals surface area (Å²) in [5, 5.41) is 11.1. The van der Waals surface area contributed by atoms with Crippen molar-refractivity contribution >= 4 is 23.0 Å². The predicted molar refractivity (Wildman–Crippen MR) is 77.7 cm³/mol. The quantitative estimate of drug-likeness (QED) is 0.827. The van der Waals surface area contributed by atoms with E-state index >= 15 is 0 Å². The first-order chi connectivity index (χ1) is 8.78. The summed E-state index contributed by atoms with van der Waals surface area (Å²) in [5.41, 5.74) is 2.17. The molecular weight excluding hydrogens is 244 g/mol. The highest BCUT2D eigenvalue weighted by Crippen LogP contribution is 2.11. The van der Waals surface area contributed by atoms with Gasteiger partial charge in [0.25, 0.3) is 0 Å². The van der Waals surface area contributed by atoms with Crippen molar-refractivity contribution in [2.75, 3.05) is 11.9 Å². The maximum absolute atomic E-state index is 5.15. The van der Waals surface area contributed by atoms with Crippen molar-refractivity contribution in [2.24, 2.45) is 0 Å². The van der Waals surface area contributed by atoms with Gasteiger partial charge in [-0.1, -0.05) is 12.1 Å². The highest BCUT2D eigenvalue weighted by molar-refractivity contribution is 7.80. The SMILES string of the molecule is CCNC(=S)Nc1cccc(Cn2cccn2)c1. The van der Waals surface area contributed by atoms with Crippen molar-refractivity contribution < 1.29 is 0 Å². The van der Waals surface area contributed by atoms with Gasteiger partial charge in [-0.25, -0.2) is 0 Å². The smallest absolute Gasteiger partial charge is 0.170 e. The molecule has 0 amide bonds. The minimum atomic E-state index is 0.647. The lowest BCUT2D eigenvalue weighted by Crippen LogP contribution is -2.27. The molecule has 18 heavy (non-hydrogen) atoms. The summed E-state index contributed by atoms with van der Waals surface area (Å²) in [7, 11) is 0. The second-order valence-electron chi connectivity index (χ2n) is 3.89. The molecule has 4 nitrogen and oxygen atoms in total. The van der Waals surface area contributed by atoms with Crippen LogP contribution in [0.15, 0.2) is 42.7 Å². The third-order valence-corrected chi connectivity index (χ3v) is 2.67. The number of anilines is 1. The van der Waals surface area contributed by atoms with Gasteiger partial charge in [0, 0.05) is 24.6 Å². The fourth-order valence-electron chi connectivity index (χ4n) is 1.66. The van der Waals surface area contributed by atoms with Crippen LogP contribution in [0.3, 0.4) is 0 Å². The van der Waals surface area contributed by atoms with Crippen molar-refractivity contribution in [3.8, 4) is 0 Å². The van der Waals surface area contributed by atoms with Crippen molar-refractivity contribution in [3.05, 3.63) is 48.3 Å². The van der Waals surface area contributed by atoms with E-state index in [9.17, 15) is 0 Å². The molecule has 0 bridgehead atoms. The topological polar surface area (TPSA) is 41.9 Å². The number of benzene rings is 1. The molecule has 0 saturated carbocycles. The van der Waals surface area contributed by atoms with E-state index in [1.54, 1.807) is 6.20 Å². The van der Waals surface area contributed by atoms with Gasteiger partial charge >= 0.3 is 0 Å². The molecule has 2 rings (SSSR count). The summed E-state index contributed by atoms with van der Waals surface area (Å²) in [5.74, 6) is 0. The average molecular weight is 260 g/mol. The van der Waals surface area contributed by atoms with Gasteiger partial charge in [0.15, 0.2) is 5.11 Å². The Bertz CT molecular complexity index is 507. The summed E-state index contributed by atoms with van der Waals surface area (Å²) in [6.07, 6.45) is 3.73. The maximum Gasteiger partial charge on any atom is 0.170 e. The van der Waals surface area contributed by atoms with Crippen LogP contribution in [-0.2, 0) is 6.54 Å². The van der Waals surface area contributed by atoms with Crippen LogP contribution in [0.25, 0.3) is 0 Å². The van der Waals surface area contributed by atoms with E-state index in [4.69, 9.17) is 12.2 Å². The summed E-state index contributed by atoms with van der Waals surface area (Å²) >= 11 is 5.15. The number of rotatable bonds is 4. The van der Waals surface area contributed by atoms with Gasteiger partial charge in [-0.3, -0.25) is 4.68 Å². The highest BCUT2D eigenvalue weighted by atomic mass is 32.1. The molecular formula is C13H16N4S. The predicted octanol–water partition coefficient (Wildman–Crippen LogP) is 2.24. The van der Waals surface area contributed by atoms with Crippen molar-refractivity contribution in [1.82, 2.24) is 15.1 Å². The van der Waals surface area contributed by atoms with Gasteiger partial charge in [-0.2, -0.15) is 5.10 Å². The molecule has 94 valence electrons. The summed E-state index contributed by atoms with van der Waals surface area (Å²) < 4.78 is 1.89. The first-order valence-electron chi connectivity index (χ1n) is 5.89. The number of hydrogen-bond acceptors (Lipinski definition) is 2. The number of aromatic nitrogens is 2. The van der Waals surface area contributed by atoms with Crippen LogP contribution >= 0.6 is 12.2 Å². The Morgan fingerprint density at radius 1 is 1.39 bits per heavy atom. The lowest BCUT2D eigenvalue weighted by atomic mass is 10.2. The number of thiocarbonyl (C=S) groups is 1. The van der Waals surface area contributed by atoms with Crippen molar-refractivity contribution in [3.63, 3.8) is 0 Å². The molecule has 2 aromatic rings. The molecule has 0 unspecified atom stereocenters. The van der Waals surface area contributed by atoms with Crippen molar-refractivity contribution in [1.29, 1.82) is 0 Å². The standard InChI is InChI=1S/C13H16N4S/c1-2-14-13(18)16-12-6-3-5-11(9-12)10-17-8-4-7-15-17/h3-9H,2,10H2,1H3,(H2,14,16,18). The van der Waals surface area contributed by atoms with E-state index in [0.29, 0.717) is 5.11 Å². The Morgan fingerprint density at radius 3 is 3.00 bits per heavy atom. The van der Waals surface area contributed by atoms with Crippen LogP contribution in [0.1, 0.15) is 12.5 Å². The van der Waals surface area contributed by atoms with E-state index in [0.717, 1.165) is 18.8 Å². The van der Waals surface area contributed by atoms with Gasteiger partial charge in [0.2, 0.25) is 0 Å². The first-order valence-corrected chi connectivity index (χ1v) is 6.30. The Hall–Kier alpha value is -1.88. The Labute approximate surface area is 112 Å². The molecule has 0 saturated heterocycles. The first kappa shape index (κ1) is 12.6. The third kappa shape index (κ3) is 3.56. The molecule has 1 heterocycles. The normalized spacial score (nSPS) is 10.1. The summed E-state index contributed by atoms with van der Waals surface area (Å²) in [6.45, 7) is 3.59. The monoisotopic (exact) mass is 260 g/mol. The van der Waals surface area contributed by atoms with Crippen LogP contribution in [0.5, 0.6) is 0 Å². The molecule has 0 aliphatic carbocycles. The highest BCUT2D eigenvalue weighted by Gasteiger charge is 1.99. The van der Waals surface area contributed by atoms with E-state index < -0.39 is 0 Å². The molecule has 0 atom stereocenters. The Morgan fingerprint density at radius 2 is 2.28 bits per heavy atom. The van der Waals surface area contributed by atoms with Crippen LogP contribution in [-0.4, -0.2) is 21.4 Å². The Kier molecular flexibility index (Phi) is 4.30. The number of nitrogens with zero attached hydrogens (tertiary/aromatic N) is 2. The van der Waals surface area contributed by atoms with E-state index in [2.05, 4.69) is 27.9 Å². The van der Waals surface area contributed by atoms with E-state index in [1.165, 1.54) is 5.56 Å². The molecule has 2 N–H and O–H groups in total. The lowest BCUT2D eigenvalue weighted by Gasteiger charge is -2.10. The molecule has 1 aromatic heterocycles. The van der Waals surface area contributed by atoms with E-state index in [-0.39, 0.29) is 0 Å². The number of nitrogens with one attached hydrogen (secondary N) is 2. The van der Waals surface area contributed by atoms with Gasteiger partial charge in [0.1, 0.15) is 0 Å². The lowest BCUT2D eigenvalue weighted by molar-refractivity contribution is 0.687. The molecule has 0 radical (unpaired) electrons. The van der Waals surface area contributed by atoms with E-state index in [1.807, 2.05) is 36.0 Å². The summed E-state index contributed by atoms with van der Waals surface area (Å²) in [6, 6.07) is 10.1. The molecule has 0 aliphatic heterocycles. The molecule has 5 heteroatoms. The average Bonchev–Trinajstić information content (AvgIpc) is 2.82. The second kappa shape index (κ2) is 6.16. The number of hydrogen-bond donors (Lipinski definition) is 2. The summed E-state index contributed by atoms with van der Waals surface area (Å²) in [4.78, 5) is 0. The van der Waals surface area contributed by atoms with Crippen LogP contribution in [0.4, 0.5) is 5.69 Å². The minimum absolute atomic E-state index is 0.647. The van der Waals surface area contributed by atoms with Crippen molar-refractivity contribution in [2.45, 2.75) is 13.5 Å². The fourth-order valence-corrected chi connectivity index (χ4v) is 1.93. The third-order valence-electron chi connectivity index (χ3n) is 2.43. The minimum Gasteiger partial charge on any atom is -0.363 e. The van der Waals surface area contributed by atoms with Gasteiger partial charge in [-0.15, -0.1) is 0 Å². The molecule has 0 fully saturated rings. The van der Waals surface area contributed by atoms with Gasteiger partial charge < -0.3 is 10.6 Å². The largest absolute Gasteiger partial charge is 0.363 e. The maximum atomic E-state index is 5.15. The fraction of sp³-hybridized carbons (Fsp3) is 0.231. The molecule has 0 aliphatic rings. The second-order valence-corrected chi connectivity index (χ2v) is 4.30. The Balaban J connectivity index is 2.03.